The van der Waals surface area contributed by atoms with Crippen molar-refractivity contribution in [3.63, 3.8) is 0 Å². The maximum Gasteiger partial charge on any atom is 0.264 e. The van der Waals surface area contributed by atoms with Gasteiger partial charge in [0, 0.05) is 11.4 Å². The maximum absolute atomic E-state index is 13.0. The van der Waals surface area contributed by atoms with Gasteiger partial charge in [0.05, 0.1) is 4.90 Å². The Morgan fingerprint density at radius 2 is 1.65 bits per heavy atom. The predicted octanol–water partition coefficient (Wildman–Crippen LogP) is 2.34. The first-order chi connectivity index (χ1) is 9.28. The molecule has 1 aromatic carbocycles. The number of hydrogen-bond donors (Lipinski definition) is 1. The van der Waals surface area contributed by atoms with E-state index in [-0.39, 0.29) is 10.8 Å². The number of sulfonamides is 1. The quantitative estimate of drug-likeness (QED) is 0.943. The van der Waals surface area contributed by atoms with Gasteiger partial charge in [-0.1, -0.05) is 0 Å². The third kappa shape index (κ3) is 3.11. The molecule has 0 saturated carbocycles. The van der Waals surface area contributed by atoms with Crippen LogP contribution in [0.15, 0.2) is 29.2 Å². The number of aromatic nitrogens is 2. The number of rotatable bonds is 3. The second kappa shape index (κ2) is 5.16. The first-order valence-corrected chi connectivity index (χ1v) is 7.37. The van der Waals surface area contributed by atoms with Crippen LogP contribution >= 0.6 is 0 Å². The molecule has 0 radical (unpaired) electrons. The van der Waals surface area contributed by atoms with Crippen molar-refractivity contribution in [3.05, 3.63) is 47.0 Å². The Morgan fingerprint density at radius 1 is 1.05 bits per heavy atom. The number of nitrogens with zero attached hydrogens (tertiary/aromatic N) is 2. The summed E-state index contributed by atoms with van der Waals surface area (Å²) in [6, 6.07) is 5.22. The van der Waals surface area contributed by atoms with Crippen LogP contribution in [0.2, 0.25) is 0 Å². The molecule has 20 heavy (non-hydrogen) atoms. The molecule has 1 heterocycles. The average Bonchev–Trinajstić information content (AvgIpc) is 2.25. The molecule has 0 aliphatic carbocycles. The summed E-state index contributed by atoms with van der Waals surface area (Å²) < 4.78 is 39.8. The lowest BCUT2D eigenvalue weighted by Gasteiger charge is -2.10. The molecule has 2 aromatic rings. The monoisotopic (exact) mass is 295 g/mol. The molecule has 1 N–H and O–H groups in total. The largest absolute Gasteiger partial charge is 0.264 e. The second-order valence-corrected chi connectivity index (χ2v) is 6.14. The van der Waals surface area contributed by atoms with E-state index in [1.165, 1.54) is 13.0 Å². The third-order valence-electron chi connectivity index (χ3n) is 2.63. The third-order valence-corrected chi connectivity index (χ3v) is 4.12. The van der Waals surface area contributed by atoms with Crippen LogP contribution in [0.3, 0.4) is 0 Å². The Balaban J connectivity index is 2.40. The molecule has 0 spiro atoms. The minimum atomic E-state index is -3.84. The molecule has 5 nitrogen and oxygen atoms in total. The SMILES string of the molecule is Cc1cc(C)nc(NS(=O)(=O)c2ccc(F)cc2C)n1. The highest BCUT2D eigenvalue weighted by Gasteiger charge is 2.18. The summed E-state index contributed by atoms with van der Waals surface area (Å²) in [6.45, 7) is 5.02. The molecule has 0 aliphatic rings. The van der Waals surface area contributed by atoms with Crippen LogP contribution in [0.25, 0.3) is 0 Å². The lowest BCUT2D eigenvalue weighted by atomic mass is 10.2. The molecule has 0 atom stereocenters. The molecular weight excluding hydrogens is 281 g/mol. The lowest BCUT2D eigenvalue weighted by Crippen LogP contribution is -2.16. The number of hydrogen-bond acceptors (Lipinski definition) is 4. The van der Waals surface area contributed by atoms with Gasteiger partial charge in [-0.15, -0.1) is 0 Å². The van der Waals surface area contributed by atoms with Gasteiger partial charge in [-0.2, -0.15) is 0 Å². The summed E-state index contributed by atoms with van der Waals surface area (Å²) in [5, 5.41) is 0. The average molecular weight is 295 g/mol. The van der Waals surface area contributed by atoms with E-state index in [1.54, 1.807) is 19.9 Å². The summed E-state index contributed by atoms with van der Waals surface area (Å²) in [5.74, 6) is -0.477. The van der Waals surface area contributed by atoms with Crippen LogP contribution in [-0.2, 0) is 10.0 Å². The summed E-state index contributed by atoms with van der Waals surface area (Å²) >= 11 is 0. The van der Waals surface area contributed by atoms with E-state index in [9.17, 15) is 12.8 Å². The second-order valence-electron chi connectivity index (χ2n) is 4.49. The van der Waals surface area contributed by atoms with Gasteiger partial charge in [0.25, 0.3) is 10.0 Å². The Kier molecular flexibility index (Phi) is 3.71. The first-order valence-electron chi connectivity index (χ1n) is 5.89. The molecule has 1 aromatic heterocycles. The maximum atomic E-state index is 13.0. The highest BCUT2D eigenvalue weighted by Crippen LogP contribution is 2.18. The molecule has 7 heteroatoms. The molecule has 0 bridgehead atoms. The zero-order chi connectivity index (χ0) is 14.9. The van der Waals surface area contributed by atoms with E-state index in [0.717, 1.165) is 12.1 Å². The normalized spacial score (nSPS) is 11.4. The highest BCUT2D eigenvalue weighted by atomic mass is 32.2. The van der Waals surface area contributed by atoms with Gasteiger partial charge >= 0.3 is 0 Å². The zero-order valence-electron chi connectivity index (χ0n) is 11.3. The van der Waals surface area contributed by atoms with Crippen molar-refractivity contribution in [1.82, 2.24) is 9.97 Å². The number of halogens is 1. The van der Waals surface area contributed by atoms with Gasteiger partial charge in [0.2, 0.25) is 5.95 Å². The van der Waals surface area contributed by atoms with E-state index in [2.05, 4.69) is 14.7 Å². The molecular formula is C13H14FN3O2S. The van der Waals surface area contributed by atoms with E-state index in [1.807, 2.05) is 0 Å². The Bertz CT molecular complexity index is 740. The van der Waals surface area contributed by atoms with Gasteiger partial charge in [0.15, 0.2) is 0 Å². The van der Waals surface area contributed by atoms with Crippen LogP contribution in [0.1, 0.15) is 17.0 Å². The van der Waals surface area contributed by atoms with Crippen molar-refractivity contribution in [2.24, 2.45) is 0 Å². The van der Waals surface area contributed by atoms with Crippen molar-refractivity contribution in [1.29, 1.82) is 0 Å². The van der Waals surface area contributed by atoms with E-state index in [4.69, 9.17) is 0 Å². The smallest absolute Gasteiger partial charge is 0.247 e. The fourth-order valence-electron chi connectivity index (χ4n) is 1.86. The van der Waals surface area contributed by atoms with Crippen molar-refractivity contribution in [3.8, 4) is 0 Å². The molecule has 0 saturated heterocycles. The molecule has 106 valence electrons. The van der Waals surface area contributed by atoms with Gasteiger partial charge in [0.1, 0.15) is 5.82 Å². The van der Waals surface area contributed by atoms with Crippen molar-refractivity contribution in [2.45, 2.75) is 25.7 Å². The molecule has 0 fully saturated rings. The van der Waals surface area contributed by atoms with Crippen LogP contribution in [0.5, 0.6) is 0 Å². The molecule has 2 rings (SSSR count). The van der Waals surface area contributed by atoms with E-state index in [0.29, 0.717) is 17.0 Å². The highest BCUT2D eigenvalue weighted by molar-refractivity contribution is 7.92. The van der Waals surface area contributed by atoms with Crippen LogP contribution < -0.4 is 4.72 Å². The Morgan fingerprint density at radius 3 is 2.20 bits per heavy atom. The first kappa shape index (κ1) is 14.4. The van der Waals surface area contributed by atoms with Crippen molar-refractivity contribution in [2.75, 3.05) is 4.72 Å². The molecule has 0 amide bonds. The van der Waals surface area contributed by atoms with Crippen LogP contribution in [0.4, 0.5) is 10.3 Å². The Labute approximate surface area is 116 Å². The van der Waals surface area contributed by atoms with Gasteiger partial charge in [-0.25, -0.2) is 27.5 Å². The summed E-state index contributed by atoms with van der Waals surface area (Å²) in [5.41, 5.74) is 1.64. The Hall–Kier alpha value is -2.02. The zero-order valence-corrected chi connectivity index (χ0v) is 12.1. The van der Waals surface area contributed by atoms with Crippen LogP contribution in [0, 0.1) is 26.6 Å². The number of nitrogens with one attached hydrogen (secondary N) is 1. The van der Waals surface area contributed by atoms with Crippen LogP contribution in [-0.4, -0.2) is 18.4 Å². The van der Waals surface area contributed by atoms with Gasteiger partial charge < -0.3 is 0 Å². The summed E-state index contributed by atoms with van der Waals surface area (Å²) in [4.78, 5) is 8.03. The topological polar surface area (TPSA) is 72.0 Å². The lowest BCUT2D eigenvalue weighted by molar-refractivity contribution is 0.598. The standard InChI is InChI=1S/C13H14FN3O2S/c1-8-6-11(14)4-5-12(8)20(18,19)17-13-15-9(2)7-10(3)16-13/h4-7H,1-3H3,(H,15,16,17). The van der Waals surface area contributed by atoms with Crippen molar-refractivity contribution < 1.29 is 12.8 Å². The predicted molar refractivity (Wildman–Crippen MR) is 73.5 cm³/mol. The molecule has 0 aliphatic heterocycles. The van der Waals surface area contributed by atoms with E-state index >= 15 is 0 Å². The van der Waals surface area contributed by atoms with E-state index < -0.39 is 15.8 Å². The van der Waals surface area contributed by atoms with Gasteiger partial charge in [-0.3, -0.25) is 0 Å². The summed E-state index contributed by atoms with van der Waals surface area (Å²) in [6.07, 6.45) is 0. The van der Waals surface area contributed by atoms with Gasteiger partial charge in [-0.05, 0) is 50.6 Å². The van der Waals surface area contributed by atoms with Crippen molar-refractivity contribution >= 4 is 16.0 Å². The minimum absolute atomic E-state index is 0.00154. The fraction of sp³-hybridized carbons (Fsp3) is 0.231. The fourth-order valence-corrected chi connectivity index (χ4v) is 3.03. The number of benzene rings is 1. The minimum Gasteiger partial charge on any atom is -0.247 e. The number of anilines is 1. The summed E-state index contributed by atoms with van der Waals surface area (Å²) in [7, 11) is -3.84. The number of aryl methyl sites for hydroxylation is 3. The molecule has 0 unspecified atom stereocenters.